The zero-order chi connectivity index (χ0) is 9.69. The lowest BCUT2D eigenvalue weighted by atomic mass is 10.1. The zero-order valence-electron chi connectivity index (χ0n) is 8.79. The van der Waals surface area contributed by atoms with E-state index in [1.54, 1.807) is 0 Å². The predicted octanol–water partition coefficient (Wildman–Crippen LogP) is 3.49. The first kappa shape index (κ1) is 10.2. The molecule has 0 aromatic rings. The third-order valence-electron chi connectivity index (χ3n) is 2.71. The first-order valence-corrected chi connectivity index (χ1v) is 7.14. The van der Waals surface area contributed by atoms with Crippen molar-refractivity contribution in [1.82, 2.24) is 0 Å². The Morgan fingerprint density at radius 3 is 2.38 bits per heavy atom. The molecule has 2 fully saturated rings. The van der Waals surface area contributed by atoms with Crippen molar-refractivity contribution in [3.05, 3.63) is 0 Å². The van der Waals surface area contributed by atoms with Crippen LogP contribution in [-0.4, -0.2) is 21.7 Å². The van der Waals surface area contributed by atoms with E-state index in [-0.39, 0.29) is 5.60 Å². The van der Waals surface area contributed by atoms with Gasteiger partial charge in [-0.1, -0.05) is 21.6 Å². The van der Waals surface area contributed by atoms with E-state index >= 15 is 0 Å². The lowest BCUT2D eigenvalue weighted by Gasteiger charge is -2.31. The third kappa shape index (κ3) is 1.88. The van der Waals surface area contributed by atoms with Gasteiger partial charge in [-0.15, -0.1) is 0 Å². The molecular weight excluding hydrogens is 200 g/mol. The van der Waals surface area contributed by atoms with Crippen molar-refractivity contribution in [3.63, 3.8) is 0 Å². The fourth-order valence-corrected chi connectivity index (χ4v) is 5.82. The van der Waals surface area contributed by atoms with Gasteiger partial charge in [-0.2, -0.15) is 0 Å². The Bertz CT molecular complexity index is 201. The van der Waals surface area contributed by atoms with Crippen molar-refractivity contribution >= 4 is 21.6 Å². The molecule has 76 valence electrons. The Hall–Kier alpha value is 0.660. The summed E-state index contributed by atoms with van der Waals surface area (Å²) >= 11 is 0. The van der Waals surface area contributed by atoms with Crippen LogP contribution in [0.1, 0.15) is 40.5 Å². The SMILES string of the molecule is CC(C)(C)OC1C2CCC1(C)SS2. The van der Waals surface area contributed by atoms with Gasteiger partial charge in [0.05, 0.1) is 16.5 Å². The molecule has 0 aromatic heterocycles. The molecule has 2 bridgehead atoms. The topological polar surface area (TPSA) is 9.23 Å². The van der Waals surface area contributed by atoms with E-state index in [1.807, 2.05) is 21.6 Å². The van der Waals surface area contributed by atoms with Crippen molar-refractivity contribution in [1.29, 1.82) is 0 Å². The lowest BCUT2D eigenvalue weighted by Crippen LogP contribution is -2.39. The highest BCUT2D eigenvalue weighted by molar-refractivity contribution is 8.78. The monoisotopic (exact) mass is 218 g/mol. The van der Waals surface area contributed by atoms with Gasteiger partial charge in [0, 0.05) is 5.25 Å². The van der Waals surface area contributed by atoms with E-state index in [2.05, 4.69) is 27.7 Å². The van der Waals surface area contributed by atoms with Gasteiger partial charge in [-0.25, -0.2) is 0 Å². The molecule has 0 amide bonds. The van der Waals surface area contributed by atoms with Crippen molar-refractivity contribution in [2.75, 3.05) is 0 Å². The minimum atomic E-state index is 0.0139. The number of fused-ring (bicyclic) bond motifs is 2. The molecule has 0 spiro atoms. The number of hydrogen-bond donors (Lipinski definition) is 0. The Kier molecular flexibility index (Phi) is 2.41. The van der Waals surface area contributed by atoms with Crippen LogP contribution in [0.2, 0.25) is 0 Å². The minimum Gasteiger partial charge on any atom is -0.370 e. The van der Waals surface area contributed by atoms with Crippen LogP contribution in [0.25, 0.3) is 0 Å². The van der Waals surface area contributed by atoms with Crippen LogP contribution in [0.3, 0.4) is 0 Å². The highest BCUT2D eigenvalue weighted by Gasteiger charge is 2.54. The smallest absolute Gasteiger partial charge is 0.0861 e. The third-order valence-corrected chi connectivity index (χ3v) is 6.52. The van der Waals surface area contributed by atoms with Crippen molar-refractivity contribution in [2.45, 2.75) is 62.2 Å². The molecule has 13 heavy (non-hydrogen) atoms. The summed E-state index contributed by atoms with van der Waals surface area (Å²) in [6, 6.07) is 0. The van der Waals surface area contributed by atoms with Crippen molar-refractivity contribution < 1.29 is 4.74 Å². The summed E-state index contributed by atoms with van der Waals surface area (Å²) in [5, 5.41) is 0.745. The Balaban J connectivity index is 2.08. The van der Waals surface area contributed by atoms with Crippen molar-refractivity contribution in [2.24, 2.45) is 0 Å². The molecule has 1 heterocycles. The lowest BCUT2D eigenvalue weighted by molar-refractivity contribution is -0.0618. The largest absolute Gasteiger partial charge is 0.370 e. The molecule has 3 unspecified atom stereocenters. The van der Waals surface area contributed by atoms with Crippen LogP contribution in [0, 0.1) is 0 Å². The minimum absolute atomic E-state index is 0.0139. The standard InChI is InChI=1S/C10H18OS2/c1-9(2,3)11-8-7-5-6-10(8,4)13-12-7/h7-8H,5-6H2,1-4H3. The fraction of sp³-hybridized carbons (Fsp3) is 1.00. The van der Waals surface area contributed by atoms with Gasteiger partial charge in [0.15, 0.2) is 0 Å². The molecule has 0 N–H and O–H groups in total. The van der Waals surface area contributed by atoms with Gasteiger partial charge in [0.1, 0.15) is 0 Å². The molecule has 2 aliphatic rings. The van der Waals surface area contributed by atoms with Gasteiger partial charge in [-0.3, -0.25) is 0 Å². The van der Waals surface area contributed by atoms with E-state index in [0.717, 1.165) is 5.25 Å². The molecule has 3 heteroatoms. The quantitative estimate of drug-likeness (QED) is 0.624. The molecule has 1 saturated carbocycles. The second-order valence-electron chi connectivity index (χ2n) is 5.22. The molecule has 2 rings (SSSR count). The zero-order valence-corrected chi connectivity index (χ0v) is 10.4. The van der Waals surface area contributed by atoms with Crippen LogP contribution in [0.4, 0.5) is 0 Å². The van der Waals surface area contributed by atoms with Crippen molar-refractivity contribution in [3.8, 4) is 0 Å². The van der Waals surface area contributed by atoms with E-state index in [0.29, 0.717) is 10.9 Å². The number of rotatable bonds is 1. The number of hydrogen-bond acceptors (Lipinski definition) is 3. The Morgan fingerprint density at radius 2 is 2.08 bits per heavy atom. The normalized spacial score (nSPS) is 44.3. The molecule has 1 nitrogen and oxygen atoms in total. The average Bonchev–Trinajstić information content (AvgIpc) is 2.40. The maximum absolute atomic E-state index is 6.15. The summed E-state index contributed by atoms with van der Waals surface area (Å²) in [4.78, 5) is 0. The molecule has 0 radical (unpaired) electrons. The molecule has 1 aliphatic carbocycles. The Morgan fingerprint density at radius 1 is 1.38 bits per heavy atom. The summed E-state index contributed by atoms with van der Waals surface area (Å²) in [5.74, 6) is 0. The fourth-order valence-electron chi connectivity index (χ4n) is 2.06. The highest BCUT2D eigenvalue weighted by Crippen LogP contribution is 2.61. The average molecular weight is 218 g/mol. The summed E-state index contributed by atoms with van der Waals surface area (Å²) in [6.45, 7) is 8.82. The van der Waals surface area contributed by atoms with E-state index < -0.39 is 0 Å². The van der Waals surface area contributed by atoms with Crippen LogP contribution in [0.5, 0.6) is 0 Å². The second kappa shape index (κ2) is 3.07. The van der Waals surface area contributed by atoms with E-state index in [9.17, 15) is 0 Å². The van der Waals surface area contributed by atoms with Gasteiger partial charge in [0.2, 0.25) is 0 Å². The first-order chi connectivity index (χ1) is 5.91. The van der Waals surface area contributed by atoms with Gasteiger partial charge < -0.3 is 4.74 Å². The van der Waals surface area contributed by atoms with Crippen LogP contribution in [-0.2, 0) is 4.74 Å². The van der Waals surface area contributed by atoms with Gasteiger partial charge in [-0.05, 0) is 40.5 Å². The molecular formula is C10H18OS2. The molecule has 1 aliphatic heterocycles. The van der Waals surface area contributed by atoms with Crippen LogP contribution < -0.4 is 0 Å². The van der Waals surface area contributed by atoms with Crippen LogP contribution >= 0.6 is 21.6 Å². The second-order valence-corrected chi connectivity index (χ2v) is 8.19. The Labute approximate surface area is 88.8 Å². The van der Waals surface area contributed by atoms with Gasteiger partial charge >= 0.3 is 0 Å². The molecule has 3 atom stereocenters. The highest BCUT2D eigenvalue weighted by atomic mass is 33.1. The maximum Gasteiger partial charge on any atom is 0.0861 e. The van der Waals surface area contributed by atoms with E-state index in [4.69, 9.17) is 4.74 Å². The van der Waals surface area contributed by atoms with Gasteiger partial charge in [0.25, 0.3) is 0 Å². The summed E-state index contributed by atoms with van der Waals surface area (Å²) in [6.07, 6.45) is 3.15. The molecule has 0 aromatic carbocycles. The summed E-state index contributed by atoms with van der Waals surface area (Å²) < 4.78 is 6.54. The summed E-state index contributed by atoms with van der Waals surface area (Å²) in [5.41, 5.74) is 0.0139. The summed E-state index contributed by atoms with van der Waals surface area (Å²) in [7, 11) is 4.07. The van der Waals surface area contributed by atoms with E-state index in [1.165, 1.54) is 12.8 Å². The predicted molar refractivity (Wildman–Crippen MR) is 61.2 cm³/mol. The van der Waals surface area contributed by atoms with Crippen LogP contribution in [0.15, 0.2) is 0 Å². The first-order valence-electron chi connectivity index (χ1n) is 4.93. The maximum atomic E-state index is 6.15. The number of ether oxygens (including phenoxy) is 1. The molecule has 1 saturated heterocycles.